The molecule has 3 rings (SSSR count). The summed E-state index contributed by atoms with van der Waals surface area (Å²) in [7, 11) is -0.0304. The van der Waals surface area contributed by atoms with E-state index in [1.165, 1.54) is 0 Å². The fraction of sp³-hybridized carbons (Fsp3) is 0.600. The summed E-state index contributed by atoms with van der Waals surface area (Å²) in [6.45, 7) is 5.80. The Bertz CT molecular complexity index is 906. The Hall–Kier alpha value is -2.37. The van der Waals surface area contributed by atoms with Crippen LogP contribution in [0.5, 0.6) is 0 Å². The van der Waals surface area contributed by atoms with Gasteiger partial charge in [0.2, 0.25) is 15.9 Å². The number of benzene rings is 1. The molecule has 2 N–H and O–H groups in total. The zero-order valence-corrected chi connectivity index (χ0v) is 19.2. The van der Waals surface area contributed by atoms with E-state index in [-0.39, 0.29) is 11.8 Å². The molecule has 2 aliphatic heterocycles. The predicted molar refractivity (Wildman–Crippen MR) is 121 cm³/mol. The van der Waals surface area contributed by atoms with Crippen LogP contribution < -0.4 is 14.9 Å². The van der Waals surface area contributed by atoms with Gasteiger partial charge in [-0.2, -0.15) is 0 Å². The summed E-state index contributed by atoms with van der Waals surface area (Å²) in [5.41, 5.74) is 1.64. The number of carbonyl (C=O) groups excluding carboxylic acids is 2. The van der Waals surface area contributed by atoms with Crippen LogP contribution in [0.1, 0.15) is 10.4 Å². The van der Waals surface area contributed by atoms with Crippen LogP contribution >= 0.6 is 0 Å². The number of nitrogens with zero attached hydrogens (tertiary/aromatic N) is 4. The van der Waals surface area contributed by atoms with E-state index in [2.05, 4.69) is 14.9 Å². The maximum atomic E-state index is 13.1. The van der Waals surface area contributed by atoms with Gasteiger partial charge in [-0.25, -0.2) is 8.42 Å². The minimum atomic E-state index is -3.49. The largest absolute Gasteiger partial charge is 0.367 e. The second kappa shape index (κ2) is 9.84. The average Bonchev–Trinajstić information content (AvgIpc) is 2.73. The molecule has 2 saturated heterocycles. The van der Waals surface area contributed by atoms with Crippen LogP contribution in [-0.4, -0.2) is 114 Å². The van der Waals surface area contributed by atoms with Gasteiger partial charge in [-0.05, 0) is 18.2 Å². The Labute approximate surface area is 184 Å². The number of likely N-dealkylation sites (N-methyl/N-ethyl adjacent to an activating group) is 1. The third-order valence-corrected chi connectivity index (χ3v) is 6.10. The molecule has 2 fully saturated rings. The monoisotopic (exact) mass is 452 g/mol. The molecule has 2 amide bonds. The van der Waals surface area contributed by atoms with E-state index in [9.17, 15) is 18.0 Å². The molecule has 1 aromatic carbocycles. The van der Waals surface area contributed by atoms with Gasteiger partial charge in [0.05, 0.1) is 24.2 Å². The van der Waals surface area contributed by atoms with Crippen molar-refractivity contribution in [1.82, 2.24) is 20.0 Å². The van der Waals surface area contributed by atoms with Gasteiger partial charge < -0.3 is 20.0 Å². The second-order valence-corrected chi connectivity index (χ2v) is 9.95. The zero-order valence-electron chi connectivity index (χ0n) is 18.4. The summed E-state index contributed by atoms with van der Waals surface area (Å²) in [6, 6.07) is 5.20. The van der Waals surface area contributed by atoms with Crippen LogP contribution in [0.2, 0.25) is 0 Å². The zero-order chi connectivity index (χ0) is 22.6. The third-order valence-electron chi connectivity index (χ3n) is 5.51. The van der Waals surface area contributed by atoms with E-state index >= 15 is 0 Å². The minimum absolute atomic E-state index is 0.0415. The third kappa shape index (κ3) is 6.31. The SMILES string of the molecule is CN(C)C(=O)CN1CCN(C(=O)c2ccc(N3CCNCC3)c(NS(C)(=O)=O)c2)CC1. The molecular weight excluding hydrogens is 420 g/mol. The summed E-state index contributed by atoms with van der Waals surface area (Å²) >= 11 is 0. The fourth-order valence-corrected chi connectivity index (χ4v) is 4.32. The van der Waals surface area contributed by atoms with Crippen LogP contribution in [-0.2, 0) is 14.8 Å². The molecule has 0 aliphatic carbocycles. The van der Waals surface area contributed by atoms with E-state index in [1.807, 2.05) is 11.0 Å². The van der Waals surface area contributed by atoms with Crippen molar-refractivity contribution < 1.29 is 18.0 Å². The smallest absolute Gasteiger partial charge is 0.254 e. The summed E-state index contributed by atoms with van der Waals surface area (Å²) in [5.74, 6) is -0.0956. The Kier molecular flexibility index (Phi) is 7.39. The van der Waals surface area contributed by atoms with Crippen LogP contribution in [0, 0.1) is 0 Å². The molecule has 0 spiro atoms. The first-order valence-corrected chi connectivity index (χ1v) is 12.3. The van der Waals surface area contributed by atoms with Crippen molar-refractivity contribution >= 4 is 33.2 Å². The fourth-order valence-electron chi connectivity index (χ4n) is 3.76. The predicted octanol–water partition coefficient (Wildman–Crippen LogP) is -0.686. The summed E-state index contributed by atoms with van der Waals surface area (Å²) < 4.78 is 26.4. The van der Waals surface area contributed by atoms with Crippen molar-refractivity contribution in [2.75, 3.05) is 88.9 Å². The lowest BCUT2D eigenvalue weighted by Gasteiger charge is -2.35. The molecule has 0 aromatic heterocycles. The number of anilines is 2. The molecule has 0 radical (unpaired) electrons. The topological polar surface area (TPSA) is 105 Å². The maximum absolute atomic E-state index is 13.1. The van der Waals surface area contributed by atoms with Crippen LogP contribution in [0.3, 0.4) is 0 Å². The molecule has 0 bridgehead atoms. The molecule has 0 atom stereocenters. The van der Waals surface area contributed by atoms with E-state index < -0.39 is 10.0 Å². The molecular formula is C20H32N6O4S. The number of rotatable bonds is 6. The molecule has 2 heterocycles. The number of sulfonamides is 1. The highest BCUT2D eigenvalue weighted by atomic mass is 32.2. The van der Waals surface area contributed by atoms with Crippen molar-refractivity contribution in [3.8, 4) is 0 Å². The quantitative estimate of drug-likeness (QED) is 0.589. The van der Waals surface area contributed by atoms with E-state index in [0.717, 1.165) is 38.1 Å². The molecule has 10 nitrogen and oxygen atoms in total. The Morgan fingerprint density at radius 1 is 1.06 bits per heavy atom. The summed E-state index contributed by atoms with van der Waals surface area (Å²) in [5, 5.41) is 3.28. The van der Waals surface area contributed by atoms with E-state index in [0.29, 0.717) is 44.0 Å². The second-order valence-electron chi connectivity index (χ2n) is 8.20. The van der Waals surface area contributed by atoms with Gasteiger partial charge in [0.15, 0.2) is 0 Å². The van der Waals surface area contributed by atoms with Crippen molar-refractivity contribution in [3.63, 3.8) is 0 Å². The van der Waals surface area contributed by atoms with Crippen LogP contribution in [0.25, 0.3) is 0 Å². The standard InChI is InChI=1S/C20H32N6O4S/c1-23(2)19(27)15-24-10-12-26(13-11-24)20(28)16-4-5-18(25-8-6-21-7-9-25)17(14-16)22-31(3,29)30/h4-5,14,21-22H,6-13,15H2,1-3H3. The molecule has 0 unspecified atom stereocenters. The normalized spacial score (nSPS) is 18.0. The summed E-state index contributed by atoms with van der Waals surface area (Å²) in [6.07, 6.45) is 1.11. The Morgan fingerprint density at radius 2 is 1.71 bits per heavy atom. The number of hydrogen-bond acceptors (Lipinski definition) is 7. The van der Waals surface area contributed by atoms with Crippen LogP contribution in [0.4, 0.5) is 11.4 Å². The molecule has 172 valence electrons. The van der Waals surface area contributed by atoms with Gasteiger partial charge in [0.25, 0.3) is 5.91 Å². The van der Waals surface area contributed by atoms with Crippen molar-refractivity contribution in [3.05, 3.63) is 23.8 Å². The lowest BCUT2D eigenvalue weighted by molar-refractivity contribution is -0.130. The highest BCUT2D eigenvalue weighted by Gasteiger charge is 2.25. The highest BCUT2D eigenvalue weighted by molar-refractivity contribution is 7.92. The van der Waals surface area contributed by atoms with Gasteiger partial charge >= 0.3 is 0 Å². The first-order valence-electron chi connectivity index (χ1n) is 10.4. The highest BCUT2D eigenvalue weighted by Crippen LogP contribution is 2.29. The number of carbonyl (C=O) groups is 2. The lowest BCUT2D eigenvalue weighted by atomic mass is 10.1. The first kappa shape index (κ1) is 23.3. The van der Waals surface area contributed by atoms with E-state index in [1.54, 1.807) is 36.0 Å². The van der Waals surface area contributed by atoms with Gasteiger partial charge in [-0.1, -0.05) is 0 Å². The van der Waals surface area contributed by atoms with Gasteiger partial charge in [-0.15, -0.1) is 0 Å². The van der Waals surface area contributed by atoms with Crippen molar-refractivity contribution in [2.24, 2.45) is 0 Å². The average molecular weight is 453 g/mol. The van der Waals surface area contributed by atoms with Crippen LogP contribution in [0.15, 0.2) is 18.2 Å². The van der Waals surface area contributed by atoms with Gasteiger partial charge in [-0.3, -0.25) is 19.2 Å². The Morgan fingerprint density at radius 3 is 2.29 bits per heavy atom. The molecule has 2 aliphatic rings. The number of nitrogens with one attached hydrogen (secondary N) is 2. The molecule has 31 heavy (non-hydrogen) atoms. The van der Waals surface area contributed by atoms with E-state index in [4.69, 9.17) is 0 Å². The van der Waals surface area contributed by atoms with Gasteiger partial charge in [0, 0.05) is 72.0 Å². The van der Waals surface area contributed by atoms with Gasteiger partial charge in [0.1, 0.15) is 0 Å². The first-order chi connectivity index (χ1) is 14.6. The number of piperazine rings is 2. The van der Waals surface area contributed by atoms with Crippen molar-refractivity contribution in [2.45, 2.75) is 0 Å². The lowest BCUT2D eigenvalue weighted by Crippen LogP contribution is -2.51. The summed E-state index contributed by atoms with van der Waals surface area (Å²) in [4.78, 5) is 32.4. The Balaban J connectivity index is 1.72. The maximum Gasteiger partial charge on any atom is 0.254 e. The minimum Gasteiger partial charge on any atom is -0.367 e. The number of amides is 2. The molecule has 1 aromatic rings. The molecule has 0 saturated carbocycles. The van der Waals surface area contributed by atoms with Crippen molar-refractivity contribution in [1.29, 1.82) is 0 Å². The molecule has 11 heteroatoms. The number of hydrogen-bond donors (Lipinski definition) is 2.